The largest absolute Gasteiger partial charge is 0.394 e. The molecular weight excluding hydrogens is 334 g/mol. The average molecular weight is 363 g/mol. The normalized spacial score (nSPS) is 26.4. The average Bonchev–Trinajstić information content (AvgIpc) is 2.76. The summed E-state index contributed by atoms with van der Waals surface area (Å²) in [5, 5.41) is 50.0. The summed E-state index contributed by atoms with van der Waals surface area (Å²) in [7, 11) is 0. The van der Waals surface area contributed by atoms with Crippen LogP contribution in [0.2, 0.25) is 0 Å². The molecule has 0 aromatic rings. The van der Waals surface area contributed by atoms with Crippen molar-refractivity contribution in [2.45, 2.75) is 69.6 Å². The Morgan fingerprint density at radius 1 is 1.08 bits per heavy atom. The lowest BCUT2D eigenvalue weighted by molar-refractivity contribution is -0.151. The van der Waals surface area contributed by atoms with Gasteiger partial charge in [-0.1, -0.05) is 0 Å². The Labute approximate surface area is 146 Å². The molecule has 1 fully saturated rings. The summed E-state index contributed by atoms with van der Waals surface area (Å²) in [6.45, 7) is 6.77. The Morgan fingerprint density at radius 2 is 1.64 bits per heavy atom. The van der Waals surface area contributed by atoms with Crippen molar-refractivity contribution in [3.63, 3.8) is 0 Å². The molecule has 0 saturated carbocycles. The van der Waals surface area contributed by atoms with Crippen LogP contribution in [0.25, 0.3) is 0 Å². The molecule has 0 spiro atoms. The number of nitrogens with one attached hydrogen (secondary N) is 3. The van der Waals surface area contributed by atoms with Crippen LogP contribution in [0.5, 0.6) is 0 Å². The fourth-order valence-corrected chi connectivity index (χ4v) is 3.16. The van der Waals surface area contributed by atoms with Crippen molar-refractivity contribution in [3.05, 3.63) is 0 Å². The molecule has 1 rings (SSSR count). The first-order valence-corrected chi connectivity index (χ1v) is 8.04. The van der Waals surface area contributed by atoms with Gasteiger partial charge >= 0.3 is 0 Å². The van der Waals surface area contributed by atoms with E-state index in [2.05, 4.69) is 10.7 Å². The second-order valence-electron chi connectivity index (χ2n) is 7.64. The lowest BCUT2D eigenvalue weighted by Crippen LogP contribution is -2.56. The molecule has 0 bridgehead atoms. The van der Waals surface area contributed by atoms with Crippen molar-refractivity contribution >= 4 is 11.8 Å². The summed E-state index contributed by atoms with van der Waals surface area (Å²) in [5.41, 5.74) is 3.42. The zero-order valence-electron chi connectivity index (χ0n) is 14.9. The fraction of sp³-hybridized carbons (Fsp3) is 0.867. The van der Waals surface area contributed by atoms with Crippen molar-refractivity contribution in [2.75, 3.05) is 6.61 Å². The first-order valence-electron chi connectivity index (χ1n) is 8.04. The molecule has 1 heterocycles. The van der Waals surface area contributed by atoms with Gasteiger partial charge in [0.1, 0.15) is 18.3 Å². The van der Waals surface area contributed by atoms with Gasteiger partial charge in [-0.3, -0.25) is 20.4 Å². The van der Waals surface area contributed by atoms with Crippen molar-refractivity contribution in [1.29, 1.82) is 0 Å². The molecule has 1 saturated heterocycles. The highest BCUT2D eigenvalue weighted by molar-refractivity contribution is 5.86. The zero-order valence-corrected chi connectivity index (χ0v) is 14.9. The van der Waals surface area contributed by atoms with Gasteiger partial charge in [-0.25, -0.2) is 0 Å². The Morgan fingerprint density at radius 3 is 2.08 bits per heavy atom. The van der Waals surface area contributed by atoms with E-state index in [1.807, 2.05) is 33.1 Å². The van der Waals surface area contributed by atoms with Crippen LogP contribution < -0.4 is 16.2 Å². The third-order valence-corrected chi connectivity index (χ3v) is 4.39. The van der Waals surface area contributed by atoms with Crippen molar-refractivity contribution in [1.82, 2.24) is 16.2 Å². The molecule has 0 aromatic carbocycles. The van der Waals surface area contributed by atoms with Gasteiger partial charge < -0.3 is 30.8 Å². The predicted molar refractivity (Wildman–Crippen MR) is 86.8 cm³/mol. The van der Waals surface area contributed by atoms with Gasteiger partial charge in [-0.15, -0.1) is 0 Å². The van der Waals surface area contributed by atoms with Crippen molar-refractivity contribution < 1.29 is 35.1 Å². The van der Waals surface area contributed by atoms with E-state index in [0.717, 1.165) is 0 Å². The van der Waals surface area contributed by atoms with Crippen LogP contribution in [0, 0.1) is 5.92 Å². The topological polar surface area (TPSA) is 171 Å². The summed E-state index contributed by atoms with van der Waals surface area (Å²) in [6.07, 6.45) is -7.26. The van der Waals surface area contributed by atoms with Gasteiger partial charge in [0.25, 0.3) is 5.91 Å². The van der Waals surface area contributed by atoms with Crippen LogP contribution in [0.3, 0.4) is 0 Å². The molecule has 10 heteroatoms. The summed E-state index contributed by atoms with van der Waals surface area (Å²) in [5.74, 6) is -2.06. The van der Waals surface area contributed by atoms with Gasteiger partial charge in [-0.05, 0) is 34.1 Å². The summed E-state index contributed by atoms with van der Waals surface area (Å²) in [6, 6.07) is 0. The van der Waals surface area contributed by atoms with Crippen molar-refractivity contribution in [2.24, 2.45) is 5.92 Å². The molecule has 1 aliphatic rings. The Balaban J connectivity index is 2.60. The highest BCUT2D eigenvalue weighted by Gasteiger charge is 2.47. The number of carbonyl (C=O) groups is 2. The second kappa shape index (κ2) is 7.94. The summed E-state index contributed by atoms with van der Waals surface area (Å²) < 4.78 is 0. The second-order valence-corrected chi connectivity index (χ2v) is 7.64. The first-order chi connectivity index (χ1) is 11.3. The van der Waals surface area contributed by atoms with E-state index in [1.165, 1.54) is 0 Å². The van der Waals surface area contributed by atoms with Gasteiger partial charge in [0.2, 0.25) is 5.91 Å². The number of rotatable bonds is 6. The molecule has 5 atom stereocenters. The molecule has 0 aliphatic carbocycles. The number of hydrazine groups is 1. The Hall–Kier alpha value is -1.30. The van der Waals surface area contributed by atoms with E-state index < -0.39 is 54.3 Å². The van der Waals surface area contributed by atoms with E-state index in [-0.39, 0.29) is 5.54 Å². The number of aliphatic hydroxyl groups is 5. The molecule has 5 unspecified atom stereocenters. The maximum absolute atomic E-state index is 12.3. The monoisotopic (exact) mass is 363 g/mol. The maximum atomic E-state index is 12.3. The van der Waals surface area contributed by atoms with Gasteiger partial charge in [-0.2, -0.15) is 0 Å². The van der Waals surface area contributed by atoms with Gasteiger partial charge in [0.15, 0.2) is 6.10 Å². The zero-order chi connectivity index (χ0) is 19.6. The van der Waals surface area contributed by atoms with E-state index in [4.69, 9.17) is 5.11 Å². The van der Waals surface area contributed by atoms with Gasteiger partial charge in [0, 0.05) is 11.1 Å². The highest BCUT2D eigenvalue weighted by Crippen LogP contribution is 2.35. The maximum Gasteiger partial charge on any atom is 0.270 e. The standard InChI is InChI=1S/C15H29N3O7/c1-14(2)5-7(15(3,4)18-14)12(24)16-17-13(25)11(23)10(22)9(21)8(20)6-19/h7-11,18-23H,5-6H2,1-4H3,(H,16,24)(H,17,25). The molecule has 25 heavy (non-hydrogen) atoms. The highest BCUT2D eigenvalue weighted by atomic mass is 16.4. The number of carbonyl (C=O) groups excluding carboxylic acids is 2. The minimum atomic E-state index is -2.11. The number of aliphatic hydroxyl groups excluding tert-OH is 5. The lowest BCUT2D eigenvalue weighted by atomic mass is 9.86. The smallest absolute Gasteiger partial charge is 0.270 e. The molecule has 8 N–H and O–H groups in total. The summed E-state index contributed by atoms with van der Waals surface area (Å²) in [4.78, 5) is 24.1. The SMILES string of the molecule is CC1(C)CC(C(=O)NNC(=O)C(O)C(O)C(O)C(O)CO)C(C)(C)N1. The molecule has 0 aromatic heterocycles. The third kappa shape index (κ3) is 5.33. The van der Waals surface area contributed by atoms with Crippen LogP contribution in [0.15, 0.2) is 0 Å². The Bertz CT molecular complexity index is 498. The van der Waals surface area contributed by atoms with E-state index in [1.54, 1.807) is 0 Å². The van der Waals surface area contributed by atoms with Crippen LogP contribution in [-0.2, 0) is 9.59 Å². The minimum absolute atomic E-state index is 0.254. The van der Waals surface area contributed by atoms with Crippen LogP contribution in [-0.4, -0.2) is 79.4 Å². The minimum Gasteiger partial charge on any atom is -0.394 e. The molecule has 1 aliphatic heterocycles. The van der Waals surface area contributed by atoms with Crippen LogP contribution >= 0.6 is 0 Å². The van der Waals surface area contributed by atoms with E-state index in [9.17, 15) is 30.0 Å². The fourth-order valence-electron chi connectivity index (χ4n) is 3.16. The van der Waals surface area contributed by atoms with E-state index in [0.29, 0.717) is 6.42 Å². The van der Waals surface area contributed by atoms with Gasteiger partial charge in [0.05, 0.1) is 12.5 Å². The number of hydrogen-bond acceptors (Lipinski definition) is 8. The quantitative estimate of drug-likeness (QED) is 0.227. The summed E-state index contributed by atoms with van der Waals surface area (Å²) >= 11 is 0. The number of hydrogen-bond donors (Lipinski definition) is 8. The number of amides is 2. The van der Waals surface area contributed by atoms with E-state index >= 15 is 0 Å². The molecular formula is C15H29N3O7. The lowest BCUT2D eigenvalue weighted by Gasteiger charge is -2.28. The van der Waals surface area contributed by atoms with Crippen LogP contribution in [0.4, 0.5) is 0 Å². The van der Waals surface area contributed by atoms with Crippen LogP contribution in [0.1, 0.15) is 34.1 Å². The predicted octanol–water partition coefficient (Wildman–Crippen LogP) is -3.26. The molecule has 0 radical (unpaired) electrons. The first kappa shape index (κ1) is 21.7. The van der Waals surface area contributed by atoms with Crippen molar-refractivity contribution in [3.8, 4) is 0 Å². The molecule has 2 amide bonds. The molecule has 146 valence electrons. The molecule has 10 nitrogen and oxygen atoms in total. The Kier molecular flexibility index (Phi) is 6.90. The third-order valence-electron chi connectivity index (χ3n) is 4.39.